The third-order valence-corrected chi connectivity index (χ3v) is 3.44. The van der Waals surface area contributed by atoms with Crippen molar-refractivity contribution in [2.45, 2.75) is 30.7 Å². The van der Waals surface area contributed by atoms with Crippen molar-refractivity contribution in [3.8, 4) is 5.75 Å². The average molecular weight is 283 g/mol. The quantitative estimate of drug-likeness (QED) is 0.539. The summed E-state index contributed by atoms with van der Waals surface area (Å²) in [4.78, 5) is 12.1. The molecule has 0 radical (unpaired) electrons. The Morgan fingerprint density at radius 2 is 2.11 bits per heavy atom. The largest absolute Gasteiger partial charge is 0.492 e. The SMILES string of the molecule is CCCC(NCCOc1ccc(SC)cc1)C(=O)O. The minimum absolute atomic E-state index is 0.464. The molecular formula is C14H21NO3S. The molecule has 0 aromatic heterocycles. The zero-order valence-corrected chi connectivity index (χ0v) is 12.2. The van der Waals surface area contributed by atoms with Crippen molar-refractivity contribution in [1.82, 2.24) is 5.32 Å². The molecule has 2 N–H and O–H groups in total. The summed E-state index contributed by atoms with van der Waals surface area (Å²) < 4.78 is 5.55. The molecule has 0 aliphatic rings. The lowest BCUT2D eigenvalue weighted by Gasteiger charge is -2.13. The fourth-order valence-corrected chi connectivity index (χ4v) is 2.08. The van der Waals surface area contributed by atoms with Crippen LogP contribution in [0.15, 0.2) is 29.2 Å². The summed E-state index contributed by atoms with van der Waals surface area (Å²) in [6, 6.07) is 7.38. The molecule has 0 bridgehead atoms. The van der Waals surface area contributed by atoms with Gasteiger partial charge in [0.05, 0.1) is 0 Å². The molecule has 5 heteroatoms. The fourth-order valence-electron chi connectivity index (χ4n) is 1.68. The summed E-state index contributed by atoms with van der Waals surface area (Å²) in [7, 11) is 0. The molecule has 0 amide bonds. The summed E-state index contributed by atoms with van der Waals surface area (Å²) in [5.41, 5.74) is 0. The van der Waals surface area contributed by atoms with Crippen LogP contribution in [-0.4, -0.2) is 36.5 Å². The van der Waals surface area contributed by atoms with E-state index in [4.69, 9.17) is 9.84 Å². The molecule has 1 aromatic carbocycles. The third-order valence-electron chi connectivity index (χ3n) is 2.70. The molecule has 1 unspecified atom stereocenters. The lowest BCUT2D eigenvalue weighted by Crippen LogP contribution is -2.38. The summed E-state index contributed by atoms with van der Waals surface area (Å²) in [5, 5.41) is 12.0. The van der Waals surface area contributed by atoms with Gasteiger partial charge in [0.25, 0.3) is 0 Å². The van der Waals surface area contributed by atoms with E-state index < -0.39 is 12.0 Å². The maximum absolute atomic E-state index is 10.9. The number of carboxylic acid groups (broad SMARTS) is 1. The van der Waals surface area contributed by atoms with Gasteiger partial charge in [-0.2, -0.15) is 0 Å². The predicted molar refractivity (Wildman–Crippen MR) is 78.1 cm³/mol. The van der Waals surface area contributed by atoms with E-state index in [2.05, 4.69) is 5.32 Å². The van der Waals surface area contributed by atoms with Gasteiger partial charge >= 0.3 is 5.97 Å². The van der Waals surface area contributed by atoms with Gasteiger partial charge in [-0.1, -0.05) is 13.3 Å². The number of nitrogens with one attached hydrogen (secondary N) is 1. The highest BCUT2D eigenvalue weighted by Crippen LogP contribution is 2.18. The number of aliphatic carboxylic acids is 1. The molecule has 0 spiro atoms. The first kappa shape index (κ1) is 15.9. The third kappa shape index (κ3) is 5.98. The van der Waals surface area contributed by atoms with Gasteiger partial charge in [-0.15, -0.1) is 11.8 Å². The van der Waals surface area contributed by atoms with Gasteiger partial charge in [-0.3, -0.25) is 4.79 Å². The normalized spacial score (nSPS) is 12.1. The van der Waals surface area contributed by atoms with Crippen LogP contribution in [0.4, 0.5) is 0 Å². The molecule has 19 heavy (non-hydrogen) atoms. The van der Waals surface area contributed by atoms with Crippen LogP contribution < -0.4 is 10.1 Å². The van der Waals surface area contributed by atoms with Crippen molar-refractivity contribution in [3.63, 3.8) is 0 Å². The highest BCUT2D eigenvalue weighted by Gasteiger charge is 2.14. The maximum atomic E-state index is 10.9. The lowest BCUT2D eigenvalue weighted by atomic mass is 10.2. The molecule has 0 fully saturated rings. The Morgan fingerprint density at radius 1 is 1.42 bits per heavy atom. The molecule has 1 rings (SSSR count). The summed E-state index contributed by atoms with van der Waals surface area (Å²) in [6.07, 6.45) is 3.51. The Labute approximate surface area is 118 Å². The van der Waals surface area contributed by atoms with Crippen LogP contribution >= 0.6 is 11.8 Å². The van der Waals surface area contributed by atoms with E-state index in [-0.39, 0.29) is 0 Å². The number of rotatable bonds is 9. The molecule has 0 aliphatic heterocycles. The zero-order chi connectivity index (χ0) is 14.1. The second-order valence-electron chi connectivity index (χ2n) is 4.16. The highest BCUT2D eigenvalue weighted by molar-refractivity contribution is 7.98. The summed E-state index contributed by atoms with van der Waals surface area (Å²) in [6.45, 7) is 2.97. The Bertz CT molecular complexity index is 381. The first-order valence-corrected chi connectivity index (χ1v) is 7.63. The Balaban J connectivity index is 2.27. The molecular weight excluding hydrogens is 262 g/mol. The predicted octanol–water partition coefficient (Wildman–Crippen LogP) is 2.63. The second-order valence-corrected chi connectivity index (χ2v) is 5.04. The van der Waals surface area contributed by atoms with Gasteiger partial charge in [0.2, 0.25) is 0 Å². The molecule has 0 saturated carbocycles. The van der Waals surface area contributed by atoms with Gasteiger partial charge in [0.1, 0.15) is 18.4 Å². The van der Waals surface area contributed by atoms with Crippen molar-refractivity contribution in [3.05, 3.63) is 24.3 Å². The monoisotopic (exact) mass is 283 g/mol. The van der Waals surface area contributed by atoms with Crippen LogP contribution in [0.25, 0.3) is 0 Å². The van der Waals surface area contributed by atoms with Crippen LogP contribution in [0.5, 0.6) is 5.75 Å². The van der Waals surface area contributed by atoms with E-state index in [1.807, 2.05) is 37.4 Å². The van der Waals surface area contributed by atoms with E-state index in [1.165, 1.54) is 4.90 Å². The lowest BCUT2D eigenvalue weighted by molar-refractivity contribution is -0.139. The number of carbonyl (C=O) groups is 1. The Hall–Kier alpha value is -1.20. The Kier molecular flexibility index (Phi) is 7.36. The van der Waals surface area contributed by atoms with Crippen molar-refractivity contribution in [1.29, 1.82) is 0 Å². The van der Waals surface area contributed by atoms with Gasteiger partial charge in [0.15, 0.2) is 0 Å². The van der Waals surface area contributed by atoms with Crippen LogP contribution in [0.1, 0.15) is 19.8 Å². The molecule has 0 aliphatic carbocycles. The van der Waals surface area contributed by atoms with Crippen molar-refractivity contribution in [2.24, 2.45) is 0 Å². The minimum atomic E-state index is -0.800. The first-order chi connectivity index (χ1) is 9.17. The topological polar surface area (TPSA) is 58.6 Å². The Morgan fingerprint density at radius 3 is 2.63 bits per heavy atom. The van der Waals surface area contributed by atoms with E-state index >= 15 is 0 Å². The number of hydrogen-bond acceptors (Lipinski definition) is 4. The van der Waals surface area contributed by atoms with E-state index in [0.29, 0.717) is 19.6 Å². The van der Waals surface area contributed by atoms with Crippen LogP contribution in [0.2, 0.25) is 0 Å². The standard InChI is InChI=1S/C14H21NO3S/c1-3-4-13(14(16)17)15-9-10-18-11-5-7-12(19-2)8-6-11/h5-8,13,15H,3-4,9-10H2,1-2H3,(H,16,17). The van der Waals surface area contributed by atoms with E-state index in [9.17, 15) is 4.79 Å². The van der Waals surface area contributed by atoms with Crippen LogP contribution in [0, 0.1) is 0 Å². The number of ether oxygens (including phenoxy) is 1. The van der Waals surface area contributed by atoms with Crippen molar-refractivity contribution >= 4 is 17.7 Å². The van der Waals surface area contributed by atoms with E-state index in [1.54, 1.807) is 11.8 Å². The fraction of sp³-hybridized carbons (Fsp3) is 0.500. The molecule has 1 aromatic rings. The number of thioether (sulfide) groups is 1. The van der Waals surface area contributed by atoms with Gasteiger partial charge in [0, 0.05) is 11.4 Å². The number of benzene rings is 1. The number of carboxylic acids is 1. The van der Waals surface area contributed by atoms with Crippen molar-refractivity contribution < 1.29 is 14.6 Å². The van der Waals surface area contributed by atoms with Gasteiger partial charge < -0.3 is 15.2 Å². The summed E-state index contributed by atoms with van der Waals surface area (Å²) >= 11 is 1.69. The molecule has 0 saturated heterocycles. The van der Waals surface area contributed by atoms with Gasteiger partial charge in [-0.25, -0.2) is 0 Å². The number of hydrogen-bond donors (Lipinski definition) is 2. The highest BCUT2D eigenvalue weighted by atomic mass is 32.2. The first-order valence-electron chi connectivity index (χ1n) is 6.40. The van der Waals surface area contributed by atoms with Crippen LogP contribution in [0.3, 0.4) is 0 Å². The maximum Gasteiger partial charge on any atom is 0.320 e. The molecule has 106 valence electrons. The zero-order valence-electron chi connectivity index (χ0n) is 11.4. The molecule has 0 heterocycles. The average Bonchev–Trinajstić information content (AvgIpc) is 2.42. The van der Waals surface area contributed by atoms with E-state index in [0.717, 1.165) is 12.2 Å². The van der Waals surface area contributed by atoms with Crippen molar-refractivity contribution in [2.75, 3.05) is 19.4 Å². The second kappa shape index (κ2) is 8.82. The molecule has 4 nitrogen and oxygen atoms in total. The van der Waals surface area contributed by atoms with Gasteiger partial charge in [-0.05, 0) is 36.9 Å². The minimum Gasteiger partial charge on any atom is -0.492 e. The van der Waals surface area contributed by atoms with Crippen LogP contribution in [-0.2, 0) is 4.79 Å². The smallest absolute Gasteiger partial charge is 0.320 e. The summed E-state index contributed by atoms with van der Waals surface area (Å²) in [5.74, 6) is 0.00754. The molecule has 1 atom stereocenters.